The molecule has 2 aromatic rings. The second-order valence-electron chi connectivity index (χ2n) is 7.96. The van der Waals surface area contributed by atoms with Gasteiger partial charge in [0.1, 0.15) is 5.82 Å². The number of anilines is 1. The molecule has 0 unspecified atom stereocenters. The Bertz CT molecular complexity index is 787. The summed E-state index contributed by atoms with van der Waals surface area (Å²) in [4.78, 5) is 21.9. The minimum absolute atomic E-state index is 0.159. The van der Waals surface area contributed by atoms with Crippen LogP contribution >= 0.6 is 0 Å². The monoisotopic (exact) mass is 399 g/mol. The average Bonchev–Trinajstić information content (AvgIpc) is 3.19. The first-order valence-electron chi connectivity index (χ1n) is 10.7. The van der Waals surface area contributed by atoms with Crippen LogP contribution in [0, 0.1) is 0 Å². The highest BCUT2D eigenvalue weighted by atomic mass is 16.5. The molecule has 0 aromatic carbocycles. The van der Waals surface area contributed by atoms with E-state index in [2.05, 4.69) is 53.0 Å². The number of aryl methyl sites for hydroxylation is 1. The van der Waals surface area contributed by atoms with Gasteiger partial charge in [0.2, 0.25) is 0 Å². The smallest absolute Gasteiger partial charge is 0.253 e. The van der Waals surface area contributed by atoms with Gasteiger partial charge in [0.25, 0.3) is 5.91 Å². The zero-order valence-electron chi connectivity index (χ0n) is 18.0. The summed E-state index contributed by atoms with van der Waals surface area (Å²) >= 11 is 0. The van der Waals surface area contributed by atoms with Crippen LogP contribution in [0.5, 0.6) is 0 Å². The van der Waals surface area contributed by atoms with E-state index in [0.717, 1.165) is 50.4 Å². The predicted octanol–water partition coefficient (Wildman–Crippen LogP) is 3.26. The number of hydrogen-bond donors (Lipinski definition) is 1. The van der Waals surface area contributed by atoms with Crippen molar-refractivity contribution in [1.29, 1.82) is 0 Å². The molecule has 0 saturated carbocycles. The van der Waals surface area contributed by atoms with Crippen LogP contribution in [0.15, 0.2) is 28.9 Å². The Morgan fingerprint density at radius 2 is 2.14 bits per heavy atom. The standard InChI is InChI=1S/C22H33N5O2/c1-5-7-18-12-20(29-25-18)14-24-22(28)17-8-9-21(23-13-17)26-10-11-27(16(3)4)19(6-2)15-26/h8-9,12-13,16,19H,5-7,10-11,14-15H2,1-4H3,(H,24,28)/t19-/m1/s1. The van der Waals surface area contributed by atoms with Crippen molar-refractivity contribution in [3.63, 3.8) is 0 Å². The van der Waals surface area contributed by atoms with E-state index in [0.29, 0.717) is 30.0 Å². The van der Waals surface area contributed by atoms with Gasteiger partial charge in [0, 0.05) is 44.0 Å². The zero-order valence-corrected chi connectivity index (χ0v) is 18.0. The fraction of sp³-hybridized carbons (Fsp3) is 0.591. The van der Waals surface area contributed by atoms with Gasteiger partial charge in [-0.2, -0.15) is 0 Å². The van der Waals surface area contributed by atoms with Crippen molar-refractivity contribution >= 4 is 11.7 Å². The third kappa shape index (κ3) is 5.35. The molecule has 1 aliphatic heterocycles. The molecule has 7 nitrogen and oxygen atoms in total. The van der Waals surface area contributed by atoms with Gasteiger partial charge >= 0.3 is 0 Å². The number of carbonyl (C=O) groups excluding carboxylic acids is 1. The van der Waals surface area contributed by atoms with Crippen LogP contribution in [0.1, 0.15) is 62.3 Å². The Labute approximate surface area is 173 Å². The lowest BCUT2D eigenvalue weighted by Crippen LogP contribution is -2.55. The lowest BCUT2D eigenvalue weighted by Gasteiger charge is -2.43. The topological polar surface area (TPSA) is 74.5 Å². The highest BCUT2D eigenvalue weighted by Crippen LogP contribution is 2.20. The average molecular weight is 400 g/mol. The first-order chi connectivity index (χ1) is 14.0. The lowest BCUT2D eigenvalue weighted by atomic mass is 10.1. The number of piperazine rings is 1. The van der Waals surface area contributed by atoms with E-state index in [1.165, 1.54) is 0 Å². The summed E-state index contributed by atoms with van der Waals surface area (Å²) in [6.45, 7) is 12.1. The summed E-state index contributed by atoms with van der Waals surface area (Å²) in [5, 5.41) is 6.87. The van der Waals surface area contributed by atoms with Gasteiger partial charge in [-0.15, -0.1) is 0 Å². The lowest BCUT2D eigenvalue weighted by molar-refractivity contribution is 0.0946. The van der Waals surface area contributed by atoms with Gasteiger partial charge in [-0.3, -0.25) is 9.69 Å². The maximum Gasteiger partial charge on any atom is 0.253 e. The Kier molecular flexibility index (Phi) is 7.25. The van der Waals surface area contributed by atoms with Crippen LogP contribution in [0.2, 0.25) is 0 Å². The van der Waals surface area contributed by atoms with Crippen LogP contribution in [0.25, 0.3) is 0 Å². The summed E-state index contributed by atoms with van der Waals surface area (Å²) in [5.41, 5.74) is 1.47. The molecule has 0 bridgehead atoms. The SMILES string of the molecule is CCCc1cc(CNC(=O)c2ccc(N3CCN(C(C)C)[C@H](CC)C3)nc2)on1. The number of aromatic nitrogens is 2. The molecule has 1 aliphatic rings. The molecule has 158 valence electrons. The van der Waals surface area contributed by atoms with Crippen LogP contribution in [-0.4, -0.2) is 52.7 Å². The molecule has 1 fully saturated rings. The molecule has 2 aromatic heterocycles. The second-order valence-corrected chi connectivity index (χ2v) is 7.96. The van der Waals surface area contributed by atoms with Gasteiger partial charge in [-0.1, -0.05) is 25.4 Å². The van der Waals surface area contributed by atoms with Crippen molar-refractivity contribution in [1.82, 2.24) is 20.4 Å². The summed E-state index contributed by atoms with van der Waals surface area (Å²) in [6, 6.07) is 6.78. The molecule has 1 saturated heterocycles. The fourth-order valence-electron chi connectivity index (χ4n) is 3.91. The van der Waals surface area contributed by atoms with Crippen molar-refractivity contribution in [2.24, 2.45) is 0 Å². The number of pyridine rings is 1. The largest absolute Gasteiger partial charge is 0.359 e. The maximum atomic E-state index is 12.4. The van der Waals surface area contributed by atoms with Crippen LogP contribution in [-0.2, 0) is 13.0 Å². The van der Waals surface area contributed by atoms with E-state index in [4.69, 9.17) is 4.52 Å². The molecule has 3 heterocycles. The highest BCUT2D eigenvalue weighted by Gasteiger charge is 2.28. The van der Waals surface area contributed by atoms with E-state index in [-0.39, 0.29) is 5.91 Å². The van der Waals surface area contributed by atoms with Crippen molar-refractivity contribution in [2.45, 2.75) is 65.6 Å². The summed E-state index contributed by atoms with van der Waals surface area (Å²) in [7, 11) is 0. The molecule has 1 atom stereocenters. The number of nitrogens with one attached hydrogen (secondary N) is 1. The Hall–Kier alpha value is -2.41. The molecule has 1 amide bonds. The van der Waals surface area contributed by atoms with Gasteiger partial charge in [-0.25, -0.2) is 4.98 Å². The predicted molar refractivity (Wildman–Crippen MR) is 114 cm³/mol. The van der Waals surface area contributed by atoms with Gasteiger partial charge in [0.05, 0.1) is 17.8 Å². The Morgan fingerprint density at radius 3 is 2.79 bits per heavy atom. The van der Waals surface area contributed by atoms with E-state index in [1.54, 1.807) is 6.20 Å². The summed E-state index contributed by atoms with van der Waals surface area (Å²) < 4.78 is 5.26. The van der Waals surface area contributed by atoms with Gasteiger partial charge in [-0.05, 0) is 38.8 Å². The summed E-state index contributed by atoms with van der Waals surface area (Å²) in [5.74, 6) is 1.44. The minimum atomic E-state index is -0.159. The quantitative estimate of drug-likeness (QED) is 0.734. The van der Waals surface area contributed by atoms with Crippen LogP contribution in [0.3, 0.4) is 0 Å². The molecular weight excluding hydrogens is 366 g/mol. The number of nitrogens with zero attached hydrogens (tertiary/aromatic N) is 4. The molecular formula is C22H33N5O2. The van der Waals surface area contributed by atoms with Crippen LogP contribution in [0.4, 0.5) is 5.82 Å². The minimum Gasteiger partial charge on any atom is -0.359 e. The fourth-order valence-corrected chi connectivity index (χ4v) is 3.91. The molecule has 1 N–H and O–H groups in total. The number of rotatable bonds is 8. The van der Waals surface area contributed by atoms with Crippen molar-refractivity contribution in [2.75, 3.05) is 24.5 Å². The Balaban J connectivity index is 1.55. The molecule has 7 heteroatoms. The Morgan fingerprint density at radius 1 is 1.31 bits per heavy atom. The number of hydrogen-bond acceptors (Lipinski definition) is 6. The second kappa shape index (κ2) is 9.87. The third-order valence-corrected chi connectivity index (χ3v) is 5.53. The molecule has 29 heavy (non-hydrogen) atoms. The normalized spacial score (nSPS) is 17.7. The van der Waals surface area contributed by atoms with Gasteiger partial charge < -0.3 is 14.7 Å². The molecule has 0 spiro atoms. The highest BCUT2D eigenvalue weighted by molar-refractivity contribution is 5.93. The number of carbonyl (C=O) groups is 1. The van der Waals surface area contributed by atoms with E-state index in [9.17, 15) is 4.79 Å². The maximum absolute atomic E-state index is 12.4. The third-order valence-electron chi connectivity index (χ3n) is 5.53. The molecule has 0 aliphatic carbocycles. The molecule has 3 rings (SSSR count). The van der Waals surface area contributed by atoms with Crippen LogP contribution < -0.4 is 10.2 Å². The summed E-state index contributed by atoms with van der Waals surface area (Å²) in [6.07, 6.45) is 4.68. The zero-order chi connectivity index (χ0) is 20.8. The van der Waals surface area contributed by atoms with E-state index >= 15 is 0 Å². The van der Waals surface area contributed by atoms with Crippen molar-refractivity contribution in [3.05, 3.63) is 41.4 Å². The number of amides is 1. The van der Waals surface area contributed by atoms with E-state index < -0.39 is 0 Å². The molecule has 0 radical (unpaired) electrons. The van der Waals surface area contributed by atoms with E-state index in [1.807, 2.05) is 18.2 Å². The first kappa shape index (κ1) is 21.3. The van der Waals surface area contributed by atoms with Crippen molar-refractivity contribution in [3.8, 4) is 0 Å². The van der Waals surface area contributed by atoms with Crippen molar-refractivity contribution < 1.29 is 9.32 Å². The van der Waals surface area contributed by atoms with Gasteiger partial charge in [0.15, 0.2) is 5.76 Å². The first-order valence-corrected chi connectivity index (χ1v) is 10.7.